The fraction of sp³-hybridized carbons (Fsp3) is 0.500. The Morgan fingerprint density at radius 2 is 2.00 bits per heavy atom. The number of benzene rings is 1. The summed E-state index contributed by atoms with van der Waals surface area (Å²) >= 11 is 5.98. The molecule has 1 N–H and O–H groups in total. The summed E-state index contributed by atoms with van der Waals surface area (Å²) in [6, 6.07) is 4.05. The number of nitrogens with one attached hydrogen (secondary N) is 1. The maximum atomic E-state index is 12.1. The molecule has 1 rings (SSSR count). The van der Waals surface area contributed by atoms with Crippen LogP contribution in [-0.4, -0.2) is 52.0 Å². The third kappa shape index (κ3) is 4.95. The van der Waals surface area contributed by atoms with E-state index >= 15 is 0 Å². The average molecular weight is 349 g/mol. The lowest BCUT2D eigenvalue weighted by molar-refractivity contribution is 0.0746. The van der Waals surface area contributed by atoms with Gasteiger partial charge in [-0.1, -0.05) is 11.6 Å². The number of carbonyl (C=O) groups is 1. The van der Waals surface area contributed by atoms with Gasteiger partial charge in [0.1, 0.15) is 0 Å². The van der Waals surface area contributed by atoms with E-state index in [2.05, 4.69) is 5.32 Å². The predicted molar refractivity (Wildman–Crippen MR) is 85.7 cm³/mol. The van der Waals surface area contributed by atoms with E-state index in [0.29, 0.717) is 13.2 Å². The van der Waals surface area contributed by atoms with Gasteiger partial charge >= 0.3 is 0 Å². The lowest BCUT2D eigenvalue weighted by Gasteiger charge is -2.13. The summed E-state index contributed by atoms with van der Waals surface area (Å²) in [4.78, 5) is 12.1. The third-order valence-corrected chi connectivity index (χ3v) is 4.94. The summed E-state index contributed by atoms with van der Waals surface area (Å²) in [7, 11) is -0.769. The Bertz CT molecular complexity index is 630. The summed E-state index contributed by atoms with van der Waals surface area (Å²) in [6.07, 6.45) is 0.0778. The zero-order valence-corrected chi connectivity index (χ0v) is 14.7. The van der Waals surface area contributed by atoms with E-state index in [4.69, 9.17) is 16.3 Å². The molecule has 0 radical (unpaired) electrons. The fourth-order valence-electron chi connectivity index (χ4n) is 1.60. The minimum atomic E-state index is -3.62. The number of hydrogen-bond donors (Lipinski definition) is 1. The summed E-state index contributed by atoms with van der Waals surface area (Å²) in [6.45, 7) is 4.48. The van der Waals surface area contributed by atoms with Crippen molar-refractivity contribution in [2.75, 3.05) is 27.2 Å². The van der Waals surface area contributed by atoms with Crippen molar-refractivity contribution >= 4 is 27.5 Å². The van der Waals surface area contributed by atoms with Crippen molar-refractivity contribution in [3.63, 3.8) is 0 Å². The first-order valence-corrected chi connectivity index (χ1v) is 8.60. The molecule has 0 fully saturated rings. The van der Waals surface area contributed by atoms with Gasteiger partial charge in [0.05, 0.1) is 28.2 Å². The number of carbonyl (C=O) groups excluding carboxylic acids is 1. The molecule has 1 amide bonds. The highest BCUT2D eigenvalue weighted by Crippen LogP contribution is 2.22. The summed E-state index contributed by atoms with van der Waals surface area (Å²) in [5.41, 5.74) is 0.120. The fourth-order valence-corrected chi connectivity index (χ4v) is 2.74. The Balaban J connectivity index is 2.89. The topological polar surface area (TPSA) is 75.7 Å². The molecule has 0 aliphatic carbocycles. The number of ether oxygens (including phenoxy) is 1. The zero-order valence-electron chi connectivity index (χ0n) is 13.1. The second kappa shape index (κ2) is 7.92. The molecule has 6 nitrogen and oxygen atoms in total. The van der Waals surface area contributed by atoms with E-state index in [-0.39, 0.29) is 21.6 Å². The van der Waals surface area contributed by atoms with Crippen LogP contribution in [0, 0.1) is 0 Å². The van der Waals surface area contributed by atoms with E-state index in [9.17, 15) is 13.2 Å². The molecule has 0 aliphatic rings. The second-order valence-corrected chi connectivity index (χ2v) is 7.66. The smallest absolute Gasteiger partial charge is 0.252 e. The Labute approximate surface area is 136 Å². The second-order valence-electron chi connectivity index (χ2n) is 5.10. The molecule has 0 aromatic heterocycles. The molecule has 1 aromatic rings. The number of amides is 1. The van der Waals surface area contributed by atoms with E-state index in [0.717, 1.165) is 4.31 Å². The van der Waals surface area contributed by atoms with Crippen molar-refractivity contribution in [2.24, 2.45) is 0 Å². The van der Waals surface area contributed by atoms with Gasteiger partial charge in [-0.2, -0.15) is 0 Å². The number of rotatable bonds is 7. The highest BCUT2D eigenvalue weighted by Gasteiger charge is 2.20. The third-order valence-electron chi connectivity index (χ3n) is 2.80. The minimum absolute atomic E-state index is 0.0190. The van der Waals surface area contributed by atoms with Crippen LogP contribution in [0.3, 0.4) is 0 Å². The van der Waals surface area contributed by atoms with Crippen LogP contribution in [-0.2, 0) is 14.8 Å². The first-order chi connectivity index (χ1) is 10.2. The first kappa shape index (κ1) is 18.9. The van der Waals surface area contributed by atoms with Gasteiger partial charge in [0.25, 0.3) is 5.91 Å². The van der Waals surface area contributed by atoms with E-state index in [1.807, 2.05) is 13.8 Å². The Morgan fingerprint density at radius 1 is 1.36 bits per heavy atom. The van der Waals surface area contributed by atoms with Gasteiger partial charge in [-0.3, -0.25) is 4.79 Å². The van der Waals surface area contributed by atoms with E-state index in [1.165, 1.54) is 32.3 Å². The van der Waals surface area contributed by atoms with Crippen LogP contribution in [0.25, 0.3) is 0 Å². The SMILES string of the molecule is CC(C)OCCNC(=O)c1cc(S(=O)(=O)N(C)C)ccc1Cl. The van der Waals surface area contributed by atoms with Crippen LogP contribution in [0.15, 0.2) is 23.1 Å². The van der Waals surface area contributed by atoms with Gasteiger partial charge < -0.3 is 10.1 Å². The minimum Gasteiger partial charge on any atom is -0.377 e. The lowest BCUT2D eigenvalue weighted by atomic mass is 10.2. The van der Waals surface area contributed by atoms with E-state index < -0.39 is 15.9 Å². The van der Waals surface area contributed by atoms with Crippen LogP contribution in [0.4, 0.5) is 0 Å². The van der Waals surface area contributed by atoms with Crippen molar-refractivity contribution in [2.45, 2.75) is 24.8 Å². The van der Waals surface area contributed by atoms with Crippen molar-refractivity contribution in [1.82, 2.24) is 9.62 Å². The first-order valence-electron chi connectivity index (χ1n) is 6.78. The molecule has 0 aliphatic heterocycles. The average Bonchev–Trinajstić information content (AvgIpc) is 2.43. The largest absolute Gasteiger partial charge is 0.377 e. The highest BCUT2D eigenvalue weighted by molar-refractivity contribution is 7.89. The highest BCUT2D eigenvalue weighted by atomic mass is 35.5. The van der Waals surface area contributed by atoms with Gasteiger partial charge in [0.2, 0.25) is 10.0 Å². The van der Waals surface area contributed by atoms with Gasteiger partial charge in [-0.25, -0.2) is 12.7 Å². The Kier molecular flexibility index (Phi) is 6.80. The molecule has 1 aromatic carbocycles. The summed E-state index contributed by atoms with van der Waals surface area (Å²) in [5.74, 6) is -0.437. The maximum absolute atomic E-state index is 12.1. The molecule has 0 atom stereocenters. The summed E-state index contributed by atoms with van der Waals surface area (Å²) < 4.78 is 30.6. The number of hydrogen-bond acceptors (Lipinski definition) is 4. The molecule has 0 saturated heterocycles. The molecule has 0 heterocycles. The molecule has 124 valence electrons. The van der Waals surface area contributed by atoms with Crippen LogP contribution in [0.5, 0.6) is 0 Å². The molecular weight excluding hydrogens is 328 g/mol. The molecule has 0 saturated carbocycles. The van der Waals surface area contributed by atoms with Crippen molar-refractivity contribution < 1.29 is 17.9 Å². The number of nitrogens with zero attached hydrogens (tertiary/aromatic N) is 1. The monoisotopic (exact) mass is 348 g/mol. The normalized spacial score (nSPS) is 12.0. The van der Waals surface area contributed by atoms with Gasteiger partial charge in [0, 0.05) is 20.6 Å². The van der Waals surface area contributed by atoms with Crippen molar-refractivity contribution in [3.05, 3.63) is 28.8 Å². The van der Waals surface area contributed by atoms with E-state index in [1.54, 1.807) is 0 Å². The van der Waals surface area contributed by atoms with Crippen molar-refractivity contribution in [1.29, 1.82) is 0 Å². The van der Waals surface area contributed by atoms with Crippen LogP contribution in [0.2, 0.25) is 5.02 Å². The molecular formula is C14H21ClN2O4S. The Hall–Kier alpha value is -1.15. The summed E-state index contributed by atoms with van der Waals surface area (Å²) in [5, 5.41) is 2.84. The van der Waals surface area contributed by atoms with Gasteiger partial charge in [-0.15, -0.1) is 0 Å². The maximum Gasteiger partial charge on any atom is 0.252 e. The number of halogens is 1. The molecule has 0 bridgehead atoms. The Morgan fingerprint density at radius 3 is 2.55 bits per heavy atom. The number of sulfonamides is 1. The quantitative estimate of drug-likeness (QED) is 0.762. The molecule has 8 heteroatoms. The van der Waals surface area contributed by atoms with Gasteiger partial charge in [0.15, 0.2) is 0 Å². The van der Waals surface area contributed by atoms with Gasteiger partial charge in [-0.05, 0) is 32.0 Å². The molecule has 0 unspecified atom stereocenters. The van der Waals surface area contributed by atoms with Crippen LogP contribution >= 0.6 is 11.6 Å². The molecule has 0 spiro atoms. The van der Waals surface area contributed by atoms with Crippen LogP contribution < -0.4 is 5.32 Å². The molecule has 22 heavy (non-hydrogen) atoms. The van der Waals surface area contributed by atoms with Crippen LogP contribution in [0.1, 0.15) is 24.2 Å². The van der Waals surface area contributed by atoms with Crippen molar-refractivity contribution in [3.8, 4) is 0 Å². The standard InChI is InChI=1S/C14H21ClN2O4S/c1-10(2)21-8-7-16-14(18)12-9-11(5-6-13(12)15)22(19,20)17(3)4/h5-6,9-10H,7-8H2,1-4H3,(H,16,18). The lowest BCUT2D eigenvalue weighted by Crippen LogP contribution is -2.29. The zero-order chi connectivity index (χ0) is 16.9. The predicted octanol–water partition coefficient (Wildman–Crippen LogP) is 1.75.